The fourth-order valence-electron chi connectivity index (χ4n) is 1.55. The summed E-state index contributed by atoms with van der Waals surface area (Å²) in [7, 11) is 2.40. The number of carbonyl (C=O) groups is 3. The summed E-state index contributed by atoms with van der Waals surface area (Å²) in [5.74, 6) is -1.97. The van der Waals surface area contributed by atoms with Gasteiger partial charge in [0.1, 0.15) is 11.8 Å². The maximum atomic E-state index is 12.0. The third-order valence-corrected chi connectivity index (χ3v) is 2.64. The van der Waals surface area contributed by atoms with Crippen molar-refractivity contribution in [2.75, 3.05) is 14.2 Å². The lowest BCUT2D eigenvalue weighted by Gasteiger charge is -2.15. The molecule has 1 atom stereocenters. The number of nitrogens with zero attached hydrogens (tertiary/aromatic N) is 1. The zero-order valence-corrected chi connectivity index (χ0v) is 11.7. The minimum absolute atomic E-state index is 0.0390. The van der Waals surface area contributed by atoms with Crippen LogP contribution in [0.5, 0.6) is 5.75 Å². The highest BCUT2D eigenvalue weighted by atomic mass is 16.5. The van der Waals surface area contributed by atoms with E-state index < -0.39 is 23.9 Å². The van der Waals surface area contributed by atoms with Crippen LogP contribution < -0.4 is 5.32 Å². The predicted octanol–water partition coefficient (Wildman–Crippen LogP) is 0.0118. The molecule has 114 valence electrons. The number of esters is 2. The van der Waals surface area contributed by atoms with Gasteiger partial charge in [-0.05, 0) is 12.5 Å². The Bertz CT molecular complexity index is 531. The molecule has 0 aromatic carbocycles. The maximum absolute atomic E-state index is 12.0. The van der Waals surface area contributed by atoms with E-state index in [2.05, 4.69) is 19.8 Å². The van der Waals surface area contributed by atoms with Crippen molar-refractivity contribution < 1.29 is 29.0 Å². The number of pyridine rings is 1. The Morgan fingerprint density at radius 1 is 1.29 bits per heavy atom. The number of carbonyl (C=O) groups excluding carboxylic acids is 3. The smallest absolute Gasteiger partial charge is 0.328 e. The average molecular weight is 296 g/mol. The number of hydrogen-bond acceptors (Lipinski definition) is 7. The second-order valence-corrected chi connectivity index (χ2v) is 4.10. The Kier molecular flexibility index (Phi) is 6.12. The number of methoxy groups -OCH3 is 2. The van der Waals surface area contributed by atoms with Crippen molar-refractivity contribution in [1.82, 2.24) is 10.3 Å². The van der Waals surface area contributed by atoms with E-state index >= 15 is 0 Å². The van der Waals surface area contributed by atoms with E-state index in [1.807, 2.05) is 0 Å². The molecule has 8 nitrogen and oxygen atoms in total. The molecule has 0 bridgehead atoms. The molecule has 1 unspecified atom stereocenters. The SMILES string of the molecule is COC(=O)CCC(NC(=O)c1cncc(O)c1)C(=O)OC. The van der Waals surface area contributed by atoms with Gasteiger partial charge in [-0.3, -0.25) is 14.6 Å². The molecule has 1 amide bonds. The molecule has 0 spiro atoms. The summed E-state index contributed by atoms with van der Waals surface area (Å²) < 4.78 is 9.04. The summed E-state index contributed by atoms with van der Waals surface area (Å²) in [4.78, 5) is 38.3. The molecular weight excluding hydrogens is 280 g/mol. The highest BCUT2D eigenvalue weighted by Gasteiger charge is 2.23. The quantitative estimate of drug-likeness (QED) is 0.710. The van der Waals surface area contributed by atoms with Crippen LogP contribution in [0.4, 0.5) is 0 Å². The van der Waals surface area contributed by atoms with E-state index in [4.69, 9.17) is 0 Å². The number of nitrogens with one attached hydrogen (secondary N) is 1. The third-order valence-electron chi connectivity index (χ3n) is 2.64. The highest BCUT2D eigenvalue weighted by Crippen LogP contribution is 2.09. The Labute approximate surface area is 121 Å². The van der Waals surface area contributed by atoms with Gasteiger partial charge in [0.05, 0.1) is 26.0 Å². The minimum Gasteiger partial charge on any atom is -0.506 e. The first-order valence-corrected chi connectivity index (χ1v) is 6.07. The van der Waals surface area contributed by atoms with Crippen LogP contribution >= 0.6 is 0 Å². The molecule has 0 aliphatic carbocycles. The van der Waals surface area contributed by atoms with Crippen molar-refractivity contribution >= 4 is 17.8 Å². The summed E-state index contributed by atoms with van der Waals surface area (Å²) in [5.41, 5.74) is 0.0852. The second kappa shape index (κ2) is 7.83. The first-order chi connectivity index (χ1) is 9.97. The normalized spacial score (nSPS) is 11.3. The molecule has 0 saturated heterocycles. The van der Waals surface area contributed by atoms with Gasteiger partial charge in [0, 0.05) is 12.6 Å². The number of rotatable bonds is 6. The van der Waals surface area contributed by atoms with E-state index in [1.54, 1.807) is 0 Å². The highest BCUT2D eigenvalue weighted by molar-refractivity contribution is 5.96. The Morgan fingerprint density at radius 2 is 2.00 bits per heavy atom. The molecule has 0 aliphatic rings. The van der Waals surface area contributed by atoms with Crippen molar-refractivity contribution in [2.45, 2.75) is 18.9 Å². The lowest BCUT2D eigenvalue weighted by atomic mass is 10.1. The fraction of sp³-hybridized carbons (Fsp3) is 0.385. The lowest BCUT2D eigenvalue weighted by molar-refractivity contribution is -0.144. The number of aromatic hydroxyl groups is 1. The molecule has 8 heteroatoms. The predicted molar refractivity (Wildman–Crippen MR) is 70.4 cm³/mol. The Balaban J connectivity index is 2.73. The van der Waals surface area contributed by atoms with Crippen molar-refractivity contribution in [3.63, 3.8) is 0 Å². The fourth-order valence-corrected chi connectivity index (χ4v) is 1.55. The summed E-state index contributed by atoms with van der Waals surface area (Å²) >= 11 is 0. The van der Waals surface area contributed by atoms with Gasteiger partial charge in [0.25, 0.3) is 5.91 Å². The Hall–Kier alpha value is -2.64. The molecule has 1 aromatic heterocycles. The molecule has 0 aliphatic heterocycles. The molecule has 0 radical (unpaired) electrons. The molecular formula is C13H16N2O6. The van der Waals surface area contributed by atoms with Crippen molar-refractivity contribution in [2.24, 2.45) is 0 Å². The van der Waals surface area contributed by atoms with Crippen molar-refractivity contribution in [3.05, 3.63) is 24.0 Å². The minimum atomic E-state index is -0.996. The van der Waals surface area contributed by atoms with E-state index in [1.165, 1.54) is 32.7 Å². The van der Waals surface area contributed by atoms with Crippen LogP contribution in [-0.4, -0.2) is 48.2 Å². The third kappa shape index (κ3) is 5.09. The number of amides is 1. The van der Waals surface area contributed by atoms with Crippen LogP contribution in [0, 0.1) is 0 Å². The molecule has 21 heavy (non-hydrogen) atoms. The van der Waals surface area contributed by atoms with Gasteiger partial charge in [-0.1, -0.05) is 0 Å². The van der Waals surface area contributed by atoms with Gasteiger partial charge in [-0.15, -0.1) is 0 Å². The number of ether oxygens (including phenoxy) is 2. The van der Waals surface area contributed by atoms with E-state index in [0.717, 1.165) is 0 Å². The molecule has 2 N–H and O–H groups in total. The van der Waals surface area contributed by atoms with Crippen LogP contribution in [0.25, 0.3) is 0 Å². The van der Waals surface area contributed by atoms with Crippen LogP contribution in [0.3, 0.4) is 0 Å². The van der Waals surface area contributed by atoms with Crippen LogP contribution in [0.1, 0.15) is 23.2 Å². The van der Waals surface area contributed by atoms with Crippen LogP contribution in [-0.2, 0) is 19.1 Å². The van der Waals surface area contributed by atoms with Gasteiger partial charge >= 0.3 is 11.9 Å². The summed E-state index contributed by atoms with van der Waals surface area (Å²) in [5, 5.41) is 11.7. The van der Waals surface area contributed by atoms with Crippen LogP contribution in [0.2, 0.25) is 0 Å². The Morgan fingerprint density at radius 3 is 2.57 bits per heavy atom. The zero-order chi connectivity index (χ0) is 15.8. The van der Waals surface area contributed by atoms with E-state index in [-0.39, 0.29) is 24.2 Å². The van der Waals surface area contributed by atoms with E-state index in [0.29, 0.717) is 0 Å². The van der Waals surface area contributed by atoms with Gasteiger partial charge < -0.3 is 19.9 Å². The largest absolute Gasteiger partial charge is 0.506 e. The molecule has 0 saturated carbocycles. The molecule has 0 fully saturated rings. The van der Waals surface area contributed by atoms with Crippen molar-refractivity contribution in [1.29, 1.82) is 0 Å². The van der Waals surface area contributed by atoms with Gasteiger partial charge in [-0.25, -0.2) is 4.79 Å². The van der Waals surface area contributed by atoms with Gasteiger partial charge in [-0.2, -0.15) is 0 Å². The number of hydrogen-bond donors (Lipinski definition) is 2. The zero-order valence-electron chi connectivity index (χ0n) is 11.7. The maximum Gasteiger partial charge on any atom is 0.328 e. The van der Waals surface area contributed by atoms with E-state index in [9.17, 15) is 19.5 Å². The monoisotopic (exact) mass is 296 g/mol. The topological polar surface area (TPSA) is 115 Å². The van der Waals surface area contributed by atoms with Crippen LogP contribution in [0.15, 0.2) is 18.5 Å². The first kappa shape index (κ1) is 16.4. The first-order valence-electron chi connectivity index (χ1n) is 6.07. The van der Waals surface area contributed by atoms with Gasteiger partial charge in [0.2, 0.25) is 0 Å². The second-order valence-electron chi connectivity index (χ2n) is 4.10. The molecule has 1 rings (SSSR count). The summed E-state index contributed by atoms with van der Waals surface area (Å²) in [6.45, 7) is 0. The standard InChI is InChI=1S/C13H16N2O6/c1-20-11(17)4-3-10(13(19)21-2)15-12(18)8-5-9(16)7-14-6-8/h5-7,10,16H,3-4H2,1-2H3,(H,15,18). The van der Waals surface area contributed by atoms with Crippen molar-refractivity contribution in [3.8, 4) is 5.75 Å². The summed E-state index contributed by atoms with van der Waals surface area (Å²) in [6, 6.07) is 0.209. The molecule has 1 heterocycles. The molecule has 1 aromatic rings. The number of aromatic nitrogens is 1. The van der Waals surface area contributed by atoms with Gasteiger partial charge in [0.15, 0.2) is 0 Å². The lowest BCUT2D eigenvalue weighted by Crippen LogP contribution is -2.41. The summed E-state index contributed by atoms with van der Waals surface area (Å²) in [6.07, 6.45) is 2.40. The average Bonchev–Trinajstić information content (AvgIpc) is 2.49.